The van der Waals surface area contributed by atoms with Gasteiger partial charge in [0.15, 0.2) is 17.0 Å². The molecule has 172 valence electrons. The minimum Gasteiger partial charge on any atom is -0.376 e. The minimum absolute atomic E-state index is 0.135. The molecule has 3 aromatic rings. The zero-order valence-electron chi connectivity index (χ0n) is 18.7. The number of hydrogen-bond acceptors (Lipinski definition) is 6. The first-order valence-electron chi connectivity index (χ1n) is 11.7. The number of fused-ring (bicyclic) bond motifs is 2. The van der Waals surface area contributed by atoms with Crippen LogP contribution in [-0.4, -0.2) is 68.7 Å². The van der Waals surface area contributed by atoms with Crippen LogP contribution < -0.4 is 4.90 Å². The summed E-state index contributed by atoms with van der Waals surface area (Å²) in [4.78, 5) is 31.2. The lowest BCUT2D eigenvalue weighted by Gasteiger charge is -2.38. The maximum absolute atomic E-state index is 12.2. The molecule has 0 aliphatic carbocycles. The highest BCUT2D eigenvalue weighted by Gasteiger charge is 2.37. The van der Waals surface area contributed by atoms with Crippen LogP contribution in [0.1, 0.15) is 31.5 Å². The second-order valence-electron chi connectivity index (χ2n) is 9.15. The first-order chi connectivity index (χ1) is 16.1. The number of piperazine rings is 1. The van der Waals surface area contributed by atoms with Crippen molar-refractivity contribution in [1.82, 2.24) is 24.4 Å². The predicted molar refractivity (Wildman–Crippen MR) is 126 cm³/mol. The third-order valence-corrected chi connectivity index (χ3v) is 7.34. The summed E-state index contributed by atoms with van der Waals surface area (Å²) >= 11 is 6.60. The van der Waals surface area contributed by atoms with Gasteiger partial charge in [0.05, 0.1) is 17.7 Å². The van der Waals surface area contributed by atoms with Crippen molar-refractivity contribution in [2.75, 3.05) is 31.1 Å². The van der Waals surface area contributed by atoms with E-state index in [2.05, 4.69) is 9.47 Å². The Morgan fingerprint density at radius 2 is 2.03 bits per heavy atom. The maximum Gasteiger partial charge on any atom is 0.223 e. The molecule has 9 heteroatoms. The van der Waals surface area contributed by atoms with E-state index in [0.717, 1.165) is 73.9 Å². The van der Waals surface area contributed by atoms with Crippen molar-refractivity contribution in [3.8, 4) is 11.4 Å². The molecule has 6 rings (SSSR count). The van der Waals surface area contributed by atoms with Gasteiger partial charge in [-0.2, -0.15) is 0 Å². The number of aromatic nitrogens is 4. The Hall–Kier alpha value is -2.71. The summed E-state index contributed by atoms with van der Waals surface area (Å²) in [6.45, 7) is 5.64. The molecule has 3 saturated heterocycles. The third-order valence-electron chi connectivity index (χ3n) is 7.01. The van der Waals surface area contributed by atoms with Gasteiger partial charge in [0.2, 0.25) is 5.91 Å². The van der Waals surface area contributed by atoms with Gasteiger partial charge in [-0.3, -0.25) is 4.79 Å². The van der Waals surface area contributed by atoms with Crippen LogP contribution in [0.15, 0.2) is 24.3 Å². The predicted octanol–water partition coefficient (Wildman–Crippen LogP) is 3.45. The lowest BCUT2D eigenvalue weighted by Crippen LogP contribution is -2.51. The molecule has 0 bridgehead atoms. The summed E-state index contributed by atoms with van der Waals surface area (Å²) in [6, 6.07) is 8.04. The van der Waals surface area contributed by atoms with E-state index in [-0.39, 0.29) is 18.1 Å². The molecule has 0 spiro atoms. The fourth-order valence-electron chi connectivity index (χ4n) is 5.38. The zero-order valence-corrected chi connectivity index (χ0v) is 19.5. The number of nitrogens with zero attached hydrogens (tertiary/aromatic N) is 6. The van der Waals surface area contributed by atoms with Gasteiger partial charge >= 0.3 is 0 Å². The first kappa shape index (κ1) is 20.9. The lowest BCUT2D eigenvalue weighted by atomic mass is 10.1. The van der Waals surface area contributed by atoms with Crippen LogP contribution >= 0.6 is 11.6 Å². The van der Waals surface area contributed by atoms with Crippen LogP contribution in [0.4, 0.5) is 5.82 Å². The van der Waals surface area contributed by atoms with Gasteiger partial charge in [0, 0.05) is 44.3 Å². The van der Waals surface area contributed by atoms with Crippen LogP contribution in [0.3, 0.4) is 0 Å². The molecule has 3 aliphatic heterocycles. The highest BCUT2D eigenvalue weighted by Crippen LogP contribution is 2.35. The molecular weight excluding hydrogens is 440 g/mol. The highest BCUT2D eigenvalue weighted by molar-refractivity contribution is 6.33. The van der Waals surface area contributed by atoms with Crippen LogP contribution in [0, 0.1) is 6.92 Å². The van der Waals surface area contributed by atoms with Crippen LogP contribution in [0.2, 0.25) is 5.02 Å². The van der Waals surface area contributed by atoms with E-state index in [4.69, 9.17) is 31.3 Å². The Kier molecular flexibility index (Phi) is 5.22. The first-order valence-corrected chi connectivity index (χ1v) is 12.1. The van der Waals surface area contributed by atoms with Crippen molar-refractivity contribution in [1.29, 1.82) is 0 Å². The summed E-state index contributed by atoms with van der Waals surface area (Å²) in [5, 5.41) is 0.658. The fourth-order valence-corrected chi connectivity index (χ4v) is 5.60. The van der Waals surface area contributed by atoms with E-state index in [1.165, 1.54) is 0 Å². The molecule has 2 atom stereocenters. The van der Waals surface area contributed by atoms with Crippen molar-refractivity contribution >= 4 is 34.5 Å². The molecule has 5 heterocycles. The van der Waals surface area contributed by atoms with Crippen LogP contribution in [0.25, 0.3) is 22.6 Å². The van der Waals surface area contributed by atoms with E-state index >= 15 is 0 Å². The molecule has 0 radical (unpaired) electrons. The number of benzene rings is 1. The zero-order chi connectivity index (χ0) is 22.5. The molecule has 1 amide bonds. The number of halogens is 1. The number of aryl methyl sites for hydroxylation is 1. The van der Waals surface area contributed by atoms with Crippen molar-refractivity contribution in [2.45, 2.75) is 51.3 Å². The molecule has 3 fully saturated rings. The molecule has 0 N–H and O–H groups in total. The molecule has 3 aliphatic rings. The van der Waals surface area contributed by atoms with E-state index in [1.807, 2.05) is 36.1 Å². The largest absolute Gasteiger partial charge is 0.376 e. The Morgan fingerprint density at radius 1 is 1.15 bits per heavy atom. The SMILES string of the molecule is Cc1nc(N2CCN3C(=O)CCC3C2)c2nc(-c3ccccc3Cl)n(C[C@@H]3CCCO3)c2n1. The van der Waals surface area contributed by atoms with Crippen molar-refractivity contribution in [3.05, 3.63) is 35.1 Å². The van der Waals surface area contributed by atoms with E-state index in [9.17, 15) is 4.79 Å². The molecule has 1 aromatic carbocycles. The summed E-state index contributed by atoms with van der Waals surface area (Å²) in [5.41, 5.74) is 2.48. The van der Waals surface area contributed by atoms with Gasteiger partial charge < -0.3 is 19.1 Å². The smallest absolute Gasteiger partial charge is 0.223 e. The topological polar surface area (TPSA) is 76.4 Å². The average molecular weight is 467 g/mol. The standard InChI is InChI=1S/C24H27ClN6O2/c1-15-26-23(29-10-11-30-16(13-29)8-9-20(30)32)21-24(27-15)31(14-17-5-4-12-33-17)22(28-21)18-6-2-3-7-19(18)25/h2-3,6-7,16-17H,4-5,8-14H2,1H3/t16?,17-/m0/s1. The fraction of sp³-hybridized carbons (Fsp3) is 0.500. The van der Waals surface area contributed by atoms with Gasteiger partial charge in [0.1, 0.15) is 11.6 Å². The molecular formula is C24H27ClN6O2. The number of amides is 1. The summed E-state index contributed by atoms with van der Waals surface area (Å²) in [5.74, 6) is 2.62. The van der Waals surface area contributed by atoms with Gasteiger partial charge in [0.25, 0.3) is 0 Å². The third kappa shape index (κ3) is 3.65. The Balaban J connectivity index is 1.48. The van der Waals surface area contributed by atoms with E-state index < -0.39 is 0 Å². The number of imidazole rings is 1. The second kappa shape index (κ2) is 8.25. The average Bonchev–Trinajstić information content (AvgIpc) is 3.54. The Bertz CT molecular complexity index is 1220. The number of carbonyl (C=O) groups excluding carboxylic acids is 1. The van der Waals surface area contributed by atoms with Gasteiger partial charge in [-0.1, -0.05) is 23.7 Å². The van der Waals surface area contributed by atoms with E-state index in [1.54, 1.807) is 0 Å². The number of anilines is 1. The Labute approximate surface area is 197 Å². The summed E-state index contributed by atoms with van der Waals surface area (Å²) < 4.78 is 8.11. The molecule has 0 saturated carbocycles. The molecule has 2 aromatic heterocycles. The number of carbonyl (C=O) groups is 1. The summed E-state index contributed by atoms with van der Waals surface area (Å²) in [7, 11) is 0. The van der Waals surface area contributed by atoms with Crippen molar-refractivity contribution in [3.63, 3.8) is 0 Å². The van der Waals surface area contributed by atoms with Crippen molar-refractivity contribution < 1.29 is 9.53 Å². The molecule has 8 nitrogen and oxygen atoms in total. The summed E-state index contributed by atoms with van der Waals surface area (Å²) in [6.07, 6.45) is 3.78. The second-order valence-corrected chi connectivity index (χ2v) is 9.56. The van der Waals surface area contributed by atoms with Crippen LogP contribution in [0.5, 0.6) is 0 Å². The Morgan fingerprint density at radius 3 is 2.85 bits per heavy atom. The molecule has 1 unspecified atom stereocenters. The quantitative estimate of drug-likeness (QED) is 0.586. The highest BCUT2D eigenvalue weighted by atomic mass is 35.5. The van der Waals surface area contributed by atoms with Crippen molar-refractivity contribution in [2.24, 2.45) is 0 Å². The normalized spacial score (nSPS) is 23.0. The van der Waals surface area contributed by atoms with Gasteiger partial charge in [-0.05, 0) is 38.3 Å². The maximum atomic E-state index is 12.2. The minimum atomic E-state index is 0.135. The van der Waals surface area contributed by atoms with Gasteiger partial charge in [-0.15, -0.1) is 0 Å². The van der Waals surface area contributed by atoms with Crippen LogP contribution in [-0.2, 0) is 16.1 Å². The number of hydrogen-bond donors (Lipinski definition) is 0. The lowest BCUT2D eigenvalue weighted by molar-refractivity contribution is -0.129. The number of ether oxygens (including phenoxy) is 1. The van der Waals surface area contributed by atoms with E-state index in [0.29, 0.717) is 23.8 Å². The van der Waals surface area contributed by atoms with Gasteiger partial charge in [-0.25, -0.2) is 15.0 Å². The molecule has 33 heavy (non-hydrogen) atoms. The monoisotopic (exact) mass is 466 g/mol. The number of rotatable bonds is 4.